The summed E-state index contributed by atoms with van der Waals surface area (Å²) in [6.07, 6.45) is 1.64. The van der Waals surface area contributed by atoms with Crippen molar-refractivity contribution < 1.29 is 19.4 Å². The lowest BCUT2D eigenvalue weighted by Crippen LogP contribution is -2.35. The Balaban J connectivity index is 2.12. The van der Waals surface area contributed by atoms with E-state index in [1.54, 1.807) is 48.5 Å². The number of Topliss-reactive ketones (excluding diaryl/α,β-unsaturated/α-hetero) is 1. The second kappa shape index (κ2) is 9.94. The van der Waals surface area contributed by atoms with Crippen LogP contribution in [0, 0.1) is 0 Å². The first-order valence-corrected chi connectivity index (χ1v) is 10.7. The molecular formula is C24H25BrN2O4. The molecule has 162 valence electrons. The molecule has 7 heteroatoms. The minimum absolute atomic E-state index is 0.0759. The summed E-state index contributed by atoms with van der Waals surface area (Å²) in [7, 11) is 3.80. The molecule has 3 rings (SSSR count). The Labute approximate surface area is 190 Å². The van der Waals surface area contributed by atoms with Crippen LogP contribution in [0.5, 0.6) is 5.75 Å². The predicted molar refractivity (Wildman–Crippen MR) is 124 cm³/mol. The number of carbonyl (C=O) groups excluding carboxylic acids is 2. The van der Waals surface area contributed by atoms with Gasteiger partial charge in [0.2, 0.25) is 0 Å². The molecule has 1 heterocycles. The summed E-state index contributed by atoms with van der Waals surface area (Å²) < 4.78 is 6.48. The van der Waals surface area contributed by atoms with Crippen molar-refractivity contribution in [3.05, 3.63) is 82.4 Å². The number of likely N-dealkylation sites (N-methyl/N-ethyl adjacent to an activating group) is 1. The smallest absolute Gasteiger partial charge is 0.295 e. The van der Waals surface area contributed by atoms with Gasteiger partial charge in [-0.25, -0.2) is 0 Å². The number of ether oxygens (including phenoxy) is 1. The summed E-state index contributed by atoms with van der Waals surface area (Å²) in [5, 5.41) is 11.0. The first kappa shape index (κ1) is 22.8. The molecule has 1 saturated heterocycles. The van der Waals surface area contributed by atoms with Gasteiger partial charge in [0.1, 0.15) is 18.1 Å². The summed E-state index contributed by atoms with van der Waals surface area (Å²) in [4.78, 5) is 29.4. The van der Waals surface area contributed by atoms with Gasteiger partial charge in [0.25, 0.3) is 11.7 Å². The van der Waals surface area contributed by atoms with Gasteiger partial charge in [-0.2, -0.15) is 0 Å². The van der Waals surface area contributed by atoms with Crippen molar-refractivity contribution >= 4 is 33.4 Å². The number of amides is 1. The van der Waals surface area contributed by atoms with Gasteiger partial charge < -0.3 is 19.6 Å². The Hall–Kier alpha value is -2.90. The Bertz CT molecular complexity index is 1010. The number of hydrogen-bond donors (Lipinski definition) is 1. The van der Waals surface area contributed by atoms with Crippen LogP contribution in [0.25, 0.3) is 5.76 Å². The van der Waals surface area contributed by atoms with Gasteiger partial charge in [0, 0.05) is 23.1 Å². The van der Waals surface area contributed by atoms with Crippen molar-refractivity contribution in [1.82, 2.24) is 9.80 Å². The summed E-state index contributed by atoms with van der Waals surface area (Å²) >= 11 is 3.37. The molecule has 1 amide bonds. The number of halogens is 1. The largest absolute Gasteiger partial charge is 0.507 e. The zero-order chi connectivity index (χ0) is 22.5. The molecule has 0 bridgehead atoms. The molecule has 0 spiro atoms. The molecule has 1 atom stereocenters. The van der Waals surface area contributed by atoms with Crippen LogP contribution in [0.1, 0.15) is 17.2 Å². The standard InChI is InChI=1S/C24H25BrN2O4/c1-4-14-31-19-7-5-6-17(15-19)21-20(22(28)16-8-10-18(25)11-9-16)23(29)24(30)27(21)13-12-26(2)3/h4-11,15,21,28H,1,12-14H2,2-3H3/b22-20-. The van der Waals surface area contributed by atoms with Gasteiger partial charge >= 0.3 is 0 Å². The third-order valence-electron chi connectivity index (χ3n) is 4.99. The highest BCUT2D eigenvalue weighted by Gasteiger charge is 2.46. The van der Waals surface area contributed by atoms with E-state index in [4.69, 9.17) is 4.74 Å². The Morgan fingerprint density at radius 2 is 1.94 bits per heavy atom. The molecule has 1 N–H and O–H groups in total. The molecule has 0 saturated carbocycles. The highest BCUT2D eigenvalue weighted by atomic mass is 79.9. The minimum Gasteiger partial charge on any atom is -0.507 e. The Morgan fingerprint density at radius 3 is 2.58 bits per heavy atom. The highest BCUT2D eigenvalue weighted by Crippen LogP contribution is 2.40. The first-order chi connectivity index (χ1) is 14.8. The number of nitrogens with zero attached hydrogens (tertiary/aromatic N) is 2. The second-order valence-electron chi connectivity index (χ2n) is 7.47. The van der Waals surface area contributed by atoms with E-state index in [0.717, 1.165) is 4.47 Å². The van der Waals surface area contributed by atoms with Crippen molar-refractivity contribution in [1.29, 1.82) is 0 Å². The van der Waals surface area contributed by atoms with Gasteiger partial charge in [-0.15, -0.1) is 0 Å². The number of rotatable bonds is 8. The topological polar surface area (TPSA) is 70.1 Å². The lowest BCUT2D eigenvalue weighted by molar-refractivity contribution is -0.140. The molecule has 2 aromatic rings. The van der Waals surface area contributed by atoms with Crippen molar-refractivity contribution in [3.8, 4) is 5.75 Å². The van der Waals surface area contributed by atoms with Crippen LogP contribution in [-0.4, -0.2) is 60.4 Å². The van der Waals surface area contributed by atoms with Crippen LogP contribution in [0.15, 0.2) is 71.2 Å². The maximum atomic E-state index is 13.0. The number of aliphatic hydroxyl groups is 1. The van der Waals surface area contributed by atoms with Crippen LogP contribution < -0.4 is 4.74 Å². The number of carbonyl (C=O) groups is 2. The fourth-order valence-electron chi connectivity index (χ4n) is 3.46. The van der Waals surface area contributed by atoms with E-state index in [2.05, 4.69) is 22.5 Å². The maximum Gasteiger partial charge on any atom is 0.295 e. The summed E-state index contributed by atoms with van der Waals surface area (Å²) in [6.45, 7) is 4.91. The molecule has 1 aliphatic heterocycles. The van der Waals surface area contributed by atoms with E-state index in [1.165, 1.54) is 4.90 Å². The number of aliphatic hydroxyl groups excluding tert-OH is 1. The lowest BCUT2D eigenvalue weighted by Gasteiger charge is -2.26. The molecule has 6 nitrogen and oxygen atoms in total. The average molecular weight is 485 g/mol. The van der Waals surface area contributed by atoms with Crippen LogP contribution >= 0.6 is 15.9 Å². The highest BCUT2D eigenvalue weighted by molar-refractivity contribution is 9.10. The summed E-state index contributed by atoms with van der Waals surface area (Å²) in [5.41, 5.74) is 1.24. The minimum atomic E-state index is -0.712. The lowest BCUT2D eigenvalue weighted by atomic mass is 9.95. The fraction of sp³-hybridized carbons (Fsp3) is 0.250. The summed E-state index contributed by atoms with van der Waals surface area (Å²) in [6, 6.07) is 13.5. The molecule has 2 aromatic carbocycles. The van der Waals surface area contributed by atoms with Gasteiger partial charge in [0.15, 0.2) is 0 Å². The van der Waals surface area contributed by atoms with Crippen molar-refractivity contribution in [2.24, 2.45) is 0 Å². The van der Waals surface area contributed by atoms with Gasteiger partial charge in [-0.3, -0.25) is 9.59 Å². The molecular weight excluding hydrogens is 460 g/mol. The van der Waals surface area contributed by atoms with Crippen molar-refractivity contribution in [3.63, 3.8) is 0 Å². The third-order valence-corrected chi connectivity index (χ3v) is 5.52. The Kier molecular flexibility index (Phi) is 7.30. The van der Waals surface area contributed by atoms with E-state index in [-0.39, 0.29) is 11.3 Å². The van der Waals surface area contributed by atoms with Gasteiger partial charge in [-0.1, -0.05) is 52.9 Å². The maximum absolute atomic E-state index is 13.0. The van der Waals surface area contributed by atoms with E-state index in [9.17, 15) is 14.7 Å². The number of benzene rings is 2. The number of likely N-dealkylation sites (tertiary alicyclic amines) is 1. The second-order valence-corrected chi connectivity index (χ2v) is 8.39. The number of ketones is 1. The molecule has 1 aliphatic rings. The fourth-order valence-corrected chi connectivity index (χ4v) is 3.72. The monoisotopic (exact) mass is 484 g/mol. The zero-order valence-corrected chi connectivity index (χ0v) is 19.1. The molecule has 0 aliphatic carbocycles. The average Bonchev–Trinajstić information content (AvgIpc) is 3.01. The predicted octanol–water partition coefficient (Wildman–Crippen LogP) is 4.00. The van der Waals surface area contributed by atoms with E-state index >= 15 is 0 Å². The van der Waals surface area contributed by atoms with Crippen LogP contribution in [0.2, 0.25) is 0 Å². The van der Waals surface area contributed by atoms with Crippen LogP contribution in [0.4, 0.5) is 0 Å². The van der Waals surface area contributed by atoms with Crippen molar-refractivity contribution in [2.45, 2.75) is 6.04 Å². The molecule has 1 fully saturated rings. The molecule has 0 radical (unpaired) electrons. The van der Waals surface area contributed by atoms with Gasteiger partial charge in [-0.05, 0) is 43.9 Å². The van der Waals surface area contributed by atoms with Crippen molar-refractivity contribution in [2.75, 3.05) is 33.8 Å². The van der Waals surface area contributed by atoms with Crippen LogP contribution in [-0.2, 0) is 9.59 Å². The zero-order valence-electron chi connectivity index (χ0n) is 17.5. The van der Waals surface area contributed by atoms with E-state index in [1.807, 2.05) is 25.1 Å². The molecule has 1 unspecified atom stereocenters. The van der Waals surface area contributed by atoms with Crippen LogP contribution in [0.3, 0.4) is 0 Å². The normalized spacial score (nSPS) is 17.9. The van der Waals surface area contributed by atoms with E-state index < -0.39 is 17.7 Å². The van der Waals surface area contributed by atoms with E-state index in [0.29, 0.717) is 36.6 Å². The van der Waals surface area contributed by atoms with Gasteiger partial charge in [0.05, 0.1) is 11.6 Å². The third kappa shape index (κ3) is 5.06. The Morgan fingerprint density at radius 1 is 1.23 bits per heavy atom. The number of hydrogen-bond acceptors (Lipinski definition) is 5. The molecule has 31 heavy (non-hydrogen) atoms. The quantitative estimate of drug-likeness (QED) is 0.265. The summed E-state index contributed by atoms with van der Waals surface area (Å²) in [5.74, 6) is -0.913. The first-order valence-electron chi connectivity index (χ1n) is 9.86. The SMILES string of the molecule is C=CCOc1cccc(C2/C(=C(/O)c3ccc(Br)cc3)C(=O)C(=O)N2CCN(C)C)c1. The molecule has 0 aromatic heterocycles.